The molecule has 3 aromatic rings. The molecule has 3 aromatic heterocycles. The predicted octanol–water partition coefficient (Wildman–Crippen LogP) is 2.29. The van der Waals surface area contributed by atoms with Crippen molar-refractivity contribution in [1.29, 1.82) is 0 Å². The minimum atomic E-state index is -4.64. The van der Waals surface area contributed by atoms with Crippen molar-refractivity contribution in [2.75, 3.05) is 5.73 Å². The van der Waals surface area contributed by atoms with Gasteiger partial charge in [0.05, 0.1) is 0 Å². The number of hydrogen-bond donors (Lipinski definition) is 1. The maximum Gasteiger partial charge on any atom is 0.453 e. The fourth-order valence-corrected chi connectivity index (χ4v) is 1.74. The number of rotatable bonds is 1. The summed E-state index contributed by atoms with van der Waals surface area (Å²) >= 11 is 0. The first-order chi connectivity index (χ1) is 9.34. The molecule has 0 radical (unpaired) electrons. The Morgan fingerprint density at radius 3 is 2.60 bits per heavy atom. The molecule has 0 unspecified atom stereocenters. The smallest absolute Gasteiger partial charge is 0.453 e. The molecular formula is C11H8F3N5O. The molecule has 2 N–H and O–H groups in total. The van der Waals surface area contributed by atoms with Crippen LogP contribution in [0.5, 0.6) is 0 Å². The van der Waals surface area contributed by atoms with Gasteiger partial charge < -0.3 is 10.2 Å². The van der Waals surface area contributed by atoms with Gasteiger partial charge in [0.15, 0.2) is 11.4 Å². The zero-order valence-corrected chi connectivity index (χ0v) is 10.1. The third-order valence-corrected chi connectivity index (χ3v) is 2.56. The van der Waals surface area contributed by atoms with E-state index in [1.54, 1.807) is 19.1 Å². The fourth-order valence-electron chi connectivity index (χ4n) is 1.74. The van der Waals surface area contributed by atoms with E-state index in [9.17, 15) is 13.2 Å². The maximum atomic E-state index is 12.7. The Morgan fingerprint density at radius 1 is 1.25 bits per heavy atom. The number of halogens is 3. The summed E-state index contributed by atoms with van der Waals surface area (Å²) in [5.41, 5.74) is 5.52. The van der Waals surface area contributed by atoms with Crippen LogP contribution in [0.1, 0.15) is 11.6 Å². The lowest BCUT2D eigenvalue weighted by Crippen LogP contribution is -2.08. The summed E-state index contributed by atoms with van der Waals surface area (Å²) in [5.74, 6) is -0.305. The maximum absolute atomic E-state index is 12.7. The van der Waals surface area contributed by atoms with Crippen molar-refractivity contribution in [3.8, 4) is 11.6 Å². The molecular weight excluding hydrogens is 275 g/mol. The molecule has 0 atom stereocenters. The summed E-state index contributed by atoms with van der Waals surface area (Å²) in [6.45, 7) is 1.70. The van der Waals surface area contributed by atoms with E-state index in [-0.39, 0.29) is 23.0 Å². The molecule has 0 saturated carbocycles. The van der Waals surface area contributed by atoms with Crippen LogP contribution in [0.25, 0.3) is 17.2 Å². The molecule has 0 amide bonds. The number of nitrogens with zero attached hydrogens (tertiary/aromatic N) is 4. The van der Waals surface area contributed by atoms with Gasteiger partial charge in [0.2, 0.25) is 5.82 Å². The Labute approximate surface area is 110 Å². The van der Waals surface area contributed by atoms with Crippen LogP contribution in [-0.2, 0) is 6.18 Å². The van der Waals surface area contributed by atoms with Gasteiger partial charge in [-0.3, -0.25) is 0 Å². The zero-order valence-electron chi connectivity index (χ0n) is 10.1. The van der Waals surface area contributed by atoms with Crippen molar-refractivity contribution in [3.05, 3.63) is 29.8 Å². The summed E-state index contributed by atoms with van der Waals surface area (Å²) in [7, 11) is 0. The molecule has 0 saturated heterocycles. The van der Waals surface area contributed by atoms with E-state index in [4.69, 9.17) is 10.2 Å². The molecule has 9 heteroatoms. The minimum Gasteiger partial charge on any atom is -0.458 e. The standard InChI is InChI=1S/C11H8F3N5O/c1-5-2-3-6(20-5)9-16-7(15)4-8-17-10(11(12,13)14)18-19(8)9/h2-4H,15H2,1H3. The SMILES string of the molecule is Cc1ccc(-c2nc(N)cc3nc(C(F)(F)F)nn23)o1. The number of aromatic nitrogens is 4. The van der Waals surface area contributed by atoms with Crippen molar-refractivity contribution < 1.29 is 17.6 Å². The third-order valence-electron chi connectivity index (χ3n) is 2.56. The molecule has 0 aliphatic rings. The number of hydrogen-bond acceptors (Lipinski definition) is 5. The van der Waals surface area contributed by atoms with Gasteiger partial charge in [-0.25, -0.2) is 9.97 Å². The Balaban J connectivity index is 2.28. The van der Waals surface area contributed by atoms with Gasteiger partial charge >= 0.3 is 6.18 Å². The first-order valence-corrected chi connectivity index (χ1v) is 5.52. The van der Waals surface area contributed by atoms with E-state index in [1.807, 2.05) is 0 Å². The first kappa shape index (κ1) is 12.5. The molecule has 0 aliphatic heterocycles. The molecule has 0 spiro atoms. The lowest BCUT2D eigenvalue weighted by molar-refractivity contribution is -0.144. The van der Waals surface area contributed by atoms with E-state index in [2.05, 4.69) is 15.1 Å². The third kappa shape index (κ3) is 1.96. The van der Waals surface area contributed by atoms with Crippen molar-refractivity contribution in [2.45, 2.75) is 13.1 Å². The van der Waals surface area contributed by atoms with Gasteiger partial charge in [0, 0.05) is 6.07 Å². The fraction of sp³-hybridized carbons (Fsp3) is 0.182. The van der Waals surface area contributed by atoms with Crippen LogP contribution in [0, 0.1) is 6.92 Å². The Hall–Kier alpha value is -2.58. The van der Waals surface area contributed by atoms with E-state index < -0.39 is 12.0 Å². The van der Waals surface area contributed by atoms with Crippen molar-refractivity contribution in [3.63, 3.8) is 0 Å². The quantitative estimate of drug-likeness (QED) is 0.741. The highest BCUT2D eigenvalue weighted by molar-refractivity contribution is 5.58. The molecule has 0 aliphatic carbocycles. The zero-order chi connectivity index (χ0) is 14.5. The topological polar surface area (TPSA) is 82.2 Å². The van der Waals surface area contributed by atoms with E-state index >= 15 is 0 Å². The molecule has 0 bridgehead atoms. The number of aryl methyl sites for hydroxylation is 1. The summed E-state index contributed by atoms with van der Waals surface area (Å²) in [4.78, 5) is 7.36. The number of furan rings is 1. The molecule has 6 nitrogen and oxygen atoms in total. The van der Waals surface area contributed by atoms with Gasteiger partial charge in [-0.1, -0.05) is 0 Å². The summed E-state index contributed by atoms with van der Waals surface area (Å²) in [6.07, 6.45) is -4.64. The number of alkyl halides is 3. The monoisotopic (exact) mass is 283 g/mol. The van der Waals surface area contributed by atoms with Crippen molar-refractivity contribution in [2.24, 2.45) is 0 Å². The Morgan fingerprint density at radius 2 is 2.00 bits per heavy atom. The van der Waals surface area contributed by atoms with Gasteiger partial charge in [0.25, 0.3) is 5.82 Å². The van der Waals surface area contributed by atoms with Gasteiger partial charge in [0.1, 0.15) is 11.6 Å². The average Bonchev–Trinajstić information content (AvgIpc) is 2.93. The van der Waals surface area contributed by atoms with E-state index in [0.717, 1.165) is 4.52 Å². The molecule has 104 valence electrons. The average molecular weight is 283 g/mol. The normalized spacial score (nSPS) is 12.2. The Kier molecular flexibility index (Phi) is 2.46. The molecule has 3 rings (SSSR count). The van der Waals surface area contributed by atoms with Crippen molar-refractivity contribution in [1.82, 2.24) is 19.6 Å². The summed E-state index contributed by atoms with van der Waals surface area (Å²) in [5, 5.41) is 3.41. The van der Waals surface area contributed by atoms with Crippen LogP contribution >= 0.6 is 0 Å². The first-order valence-electron chi connectivity index (χ1n) is 5.52. The van der Waals surface area contributed by atoms with Crippen LogP contribution in [0.15, 0.2) is 22.6 Å². The van der Waals surface area contributed by atoms with Crippen LogP contribution < -0.4 is 5.73 Å². The predicted molar refractivity (Wildman–Crippen MR) is 62.6 cm³/mol. The van der Waals surface area contributed by atoms with Crippen molar-refractivity contribution >= 4 is 11.5 Å². The van der Waals surface area contributed by atoms with Crippen LogP contribution in [0.3, 0.4) is 0 Å². The molecule has 0 fully saturated rings. The highest BCUT2D eigenvalue weighted by Gasteiger charge is 2.36. The minimum absolute atomic E-state index is 0.0303. The van der Waals surface area contributed by atoms with E-state index in [1.165, 1.54) is 6.07 Å². The molecule has 20 heavy (non-hydrogen) atoms. The lowest BCUT2D eigenvalue weighted by Gasteiger charge is -2.01. The van der Waals surface area contributed by atoms with E-state index in [0.29, 0.717) is 5.76 Å². The second-order valence-electron chi connectivity index (χ2n) is 4.12. The number of nitrogens with two attached hydrogens (primary N) is 1. The highest BCUT2D eigenvalue weighted by atomic mass is 19.4. The number of anilines is 1. The lowest BCUT2D eigenvalue weighted by atomic mass is 10.4. The van der Waals surface area contributed by atoms with Crippen LogP contribution in [0.2, 0.25) is 0 Å². The van der Waals surface area contributed by atoms with Gasteiger partial charge in [-0.05, 0) is 19.1 Å². The second-order valence-corrected chi connectivity index (χ2v) is 4.12. The molecule has 3 heterocycles. The number of nitrogen functional groups attached to an aromatic ring is 1. The van der Waals surface area contributed by atoms with Crippen LogP contribution in [0.4, 0.5) is 19.0 Å². The van der Waals surface area contributed by atoms with Gasteiger partial charge in [-0.2, -0.15) is 17.7 Å². The van der Waals surface area contributed by atoms with Gasteiger partial charge in [-0.15, -0.1) is 5.10 Å². The number of fused-ring (bicyclic) bond motifs is 1. The van der Waals surface area contributed by atoms with Crippen LogP contribution in [-0.4, -0.2) is 19.6 Å². The highest BCUT2D eigenvalue weighted by Crippen LogP contribution is 2.28. The summed E-state index contributed by atoms with van der Waals surface area (Å²) in [6, 6.07) is 4.45. The largest absolute Gasteiger partial charge is 0.458 e. The Bertz CT molecular complexity index is 789. The summed E-state index contributed by atoms with van der Waals surface area (Å²) < 4.78 is 44.2. The second kappa shape index (κ2) is 3.95. The molecule has 0 aromatic carbocycles.